The van der Waals surface area contributed by atoms with Gasteiger partial charge in [0.1, 0.15) is 17.2 Å². The van der Waals surface area contributed by atoms with Crippen molar-refractivity contribution in [1.82, 2.24) is 15.0 Å². The largest absolute Gasteiger partial charge is 0.460 e. The van der Waals surface area contributed by atoms with Crippen LogP contribution in [0.25, 0.3) is 65.6 Å². The molecule has 55 heavy (non-hydrogen) atoms. The number of thiophene rings is 1. The third kappa shape index (κ3) is 5.84. The standard InChI is InChI=1S/C49H41N3OS2/c1-2-3-10-29-17-21-35-36-22-18-33(28-45(36)55-44(35)25-29)48-50-47(30-11-5-4-6-12-30)51-49(52-48)37-14-9-15-41-46(37)39-27-31(19-23-40(39)53-41)32-20-24-43-38(26-32)34-13-7-8-16-42(34)54-43/h5,7-9,11,13-18,20-22,24-28,30,34,42H,2-4,6,10,12,19,23H2,1H3. The van der Waals surface area contributed by atoms with E-state index in [4.69, 9.17) is 19.4 Å². The summed E-state index contributed by atoms with van der Waals surface area (Å²) in [4.78, 5) is 17.2. The van der Waals surface area contributed by atoms with Crippen molar-refractivity contribution >= 4 is 65.9 Å². The molecule has 0 amide bonds. The monoisotopic (exact) mass is 751 g/mol. The normalized spacial score (nSPS) is 19.9. The van der Waals surface area contributed by atoms with Gasteiger partial charge in [-0.15, -0.1) is 23.1 Å². The first-order valence-electron chi connectivity index (χ1n) is 20.0. The average molecular weight is 752 g/mol. The molecule has 0 saturated carbocycles. The third-order valence-corrected chi connectivity index (χ3v) is 14.4. The Morgan fingerprint density at radius 1 is 0.818 bits per heavy atom. The van der Waals surface area contributed by atoms with Gasteiger partial charge in [-0.1, -0.05) is 92.3 Å². The number of hydrogen-bond donors (Lipinski definition) is 0. The second-order valence-electron chi connectivity index (χ2n) is 15.5. The zero-order valence-electron chi connectivity index (χ0n) is 30.9. The number of allylic oxidation sites excluding steroid dienone is 6. The number of unbranched alkanes of at least 4 members (excludes halogenated alkanes) is 1. The number of benzene rings is 4. The number of nitrogens with zero attached hydrogens (tertiary/aromatic N) is 3. The van der Waals surface area contributed by atoms with Crippen LogP contribution in [0.15, 0.2) is 119 Å². The molecule has 0 spiro atoms. The number of furan rings is 1. The molecule has 270 valence electrons. The quantitative estimate of drug-likeness (QED) is 0.152. The first kappa shape index (κ1) is 33.3. The minimum Gasteiger partial charge on any atom is -0.460 e. The number of aryl methyl sites for hydroxylation is 2. The highest BCUT2D eigenvalue weighted by Crippen LogP contribution is 2.49. The maximum atomic E-state index is 6.60. The summed E-state index contributed by atoms with van der Waals surface area (Å²) < 4.78 is 9.22. The smallest absolute Gasteiger partial charge is 0.164 e. The summed E-state index contributed by atoms with van der Waals surface area (Å²) in [6, 6.07) is 27.2. The Balaban J connectivity index is 1.02. The molecule has 3 aliphatic carbocycles. The molecule has 3 aromatic heterocycles. The molecule has 7 aromatic rings. The maximum absolute atomic E-state index is 6.60. The minimum absolute atomic E-state index is 0.167. The van der Waals surface area contributed by atoms with Crippen LogP contribution >= 0.6 is 23.1 Å². The van der Waals surface area contributed by atoms with Gasteiger partial charge in [-0.3, -0.25) is 0 Å². The summed E-state index contributed by atoms with van der Waals surface area (Å²) in [6.07, 6.45) is 24.7. The molecule has 0 radical (unpaired) electrons. The molecule has 1 aliphatic heterocycles. The Morgan fingerprint density at radius 2 is 1.69 bits per heavy atom. The Labute approximate surface area is 329 Å². The van der Waals surface area contributed by atoms with E-state index in [0.29, 0.717) is 17.0 Å². The number of fused-ring (bicyclic) bond motifs is 9. The minimum atomic E-state index is 0.167. The van der Waals surface area contributed by atoms with E-state index < -0.39 is 0 Å². The first-order valence-corrected chi connectivity index (χ1v) is 21.7. The van der Waals surface area contributed by atoms with Crippen LogP contribution in [0.2, 0.25) is 0 Å². The molecule has 4 aromatic carbocycles. The van der Waals surface area contributed by atoms with Crippen molar-refractivity contribution in [2.45, 2.75) is 80.3 Å². The molecule has 0 N–H and O–H groups in total. The third-order valence-electron chi connectivity index (χ3n) is 12.0. The van der Waals surface area contributed by atoms with E-state index in [9.17, 15) is 0 Å². The number of hydrogen-bond acceptors (Lipinski definition) is 6. The van der Waals surface area contributed by atoms with Gasteiger partial charge >= 0.3 is 0 Å². The van der Waals surface area contributed by atoms with Crippen LogP contribution in [0.1, 0.15) is 91.1 Å². The van der Waals surface area contributed by atoms with E-state index in [0.717, 1.165) is 83.6 Å². The van der Waals surface area contributed by atoms with Gasteiger partial charge in [-0.2, -0.15) is 0 Å². The van der Waals surface area contributed by atoms with Gasteiger partial charge in [0.25, 0.3) is 0 Å². The predicted molar refractivity (Wildman–Crippen MR) is 231 cm³/mol. The second-order valence-corrected chi connectivity index (χ2v) is 17.8. The topological polar surface area (TPSA) is 51.8 Å². The Bertz CT molecular complexity index is 2800. The van der Waals surface area contributed by atoms with E-state index in [2.05, 4.69) is 122 Å². The fourth-order valence-electron chi connectivity index (χ4n) is 9.04. The van der Waals surface area contributed by atoms with Crippen LogP contribution in [0, 0.1) is 0 Å². The number of thioether (sulfide) groups is 1. The lowest BCUT2D eigenvalue weighted by Crippen LogP contribution is -2.09. The lowest BCUT2D eigenvalue weighted by Gasteiger charge is -2.18. The molecule has 4 heterocycles. The average Bonchev–Trinajstić information content (AvgIpc) is 3.93. The molecule has 3 atom stereocenters. The number of aromatic nitrogens is 3. The van der Waals surface area contributed by atoms with E-state index >= 15 is 0 Å². The van der Waals surface area contributed by atoms with Gasteiger partial charge in [0.2, 0.25) is 0 Å². The molecule has 0 saturated heterocycles. The highest BCUT2D eigenvalue weighted by molar-refractivity contribution is 8.00. The zero-order chi connectivity index (χ0) is 36.5. The van der Waals surface area contributed by atoms with Gasteiger partial charge < -0.3 is 4.42 Å². The predicted octanol–water partition coefficient (Wildman–Crippen LogP) is 13.7. The van der Waals surface area contributed by atoms with Crippen LogP contribution in [-0.2, 0) is 12.8 Å². The van der Waals surface area contributed by atoms with Gasteiger partial charge in [0.15, 0.2) is 11.6 Å². The highest BCUT2D eigenvalue weighted by Gasteiger charge is 2.32. The lowest BCUT2D eigenvalue weighted by atomic mass is 9.87. The van der Waals surface area contributed by atoms with E-state index in [1.54, 1.807) is 0 Å². The Kier molecular flexibility index (Phi) is 8.24. The second kappa shape index (κ2) is 13.6. The van der Waals surface area contributed by atoms with Crippen LogP contribution < -0.4 is 0 Å². The number of rotatable bonds is 7. The van der Waals surface area contributed by atoms with Crippen molar-refractivity contribution in [3.63, 3.8) is 0 Å². The van der Waals surface area contributed by atoms with Gasteiger partial charge in [0.05, 0.1) is 0 Å². The SMILES string of the molecule is CCCCc1ccc2c(c1)sc1cc(-c3nc(-c4cccc5oc6c(c45)C=C(c4ccc5c(c4)C4C=CC=CC4S5)CC6)nc(C4C=CCCC4)n3)ccc12. The van der Waals surface area contributed by atoms with Gasteiger partial charge in [-0.25, -0.2) is 15.0 Å². The van der Waals surface area contributed by atoms with Crippen molar-refractivity contribution in [3.05, 3.63) is 143 Å². The summed E-state index contributed by atoms with van der Waals surface area (Å²) >= 11 is 3.86. The fourth-order valence-corrected chi connectivity index (χ4v) is 11.6. The first-order chi connectivity index (χ1) is 27.2. The summed E-state index contributed by atoms with van der Waals surface area (Å²) in [7, 11) is 0. The Hall–Kier alpha value is -5.04. The van der Waals surface area contributed by atoms with Gasteiger partial charge in [-0.05, 0) is 97.2 Å². The maximum Gasteiger partial charge on any atom is 0.164 e. The van der Waals surface area contributed by atoms with Crippen molar-refractivity contribution in [2.75, 3.05) is 0 Å². The van der Waals surface area contributed by atoms with Crippen LogP contribution in [0.4, 0.5) is 0 Å². The van der Waals surface area contributed by atoms with Crippen molar-refractivity contribution in [2.24, 2.45) is 0 Å². The lowest BCUT2D eigenvalue weighted by molar-refractivity contribution is 0.548. The summed E-state index contributed by atoms with van der Waals surface area (Å²) in [5.74, 6) is 3.94. The molecule has 6 heteroatoms. The van der Waals surface area contributed by atoms with Crippen molar-refractivity contribution < 1.29 is 4.42 Å². The van der Waals surface area contributed by atoms with Crippen molar-refractivity contribution in [1.29, 1.82) is 0 Å². The fraction of sp³-hybridized carbons (Fsp3) is 0.245. The molecule has 0 fully saturated rings. The highest BCUT2D eigenvalue weighted by atomic mass is 32.2. The molecular weight excluding hydrogens is 711 g/mol. The molecule has 11 rings (SSSR count). The summed E-state index contributed by atoms with van der Waals surface area (Å²) in [6.45, 7) is 2.26. The van der Waals surface area contributed by atoms with Crippen LogP contribution in [-0.4, -0.2) is 20.2 Å². The van der Waals surface area contributed by atoms with Crippen molar-refractivity contribution in [3.8, 4) is 22.8 Å². The Morgan fingerprint density at radius 3 is 2.60 bits per heavy atom. The van der Waals surface area contributed by atoms with E-state index in [-0.39, 0.29) is 5.92 Å². The van der Waals surface area contributed by atoms with Crippen LogP contribution in [0.3, 0.4) is 0 Å². The molecule has 0 bridgehead atoms. The summed E-state index contributed by atoms with van der Waals surface area (Å²) in [5, 5.41) is 4.21. The van der Waals surface area contributed by atoms with Gasteiger partial charge in [0, 0.05) is 70.7 Å². The molecule has 3 unspecified atom stereocenters. The van der Waals surface area contributed by atoms with E-state index in [1.165, 1.54) is 60.2 Å². The molecule has 4 nitrogen and oxygen atoms in total. The molecule has 4 aliphatic rings. The summed E-state index contributed by atoms with van der Waals surface area (Å²) in [5.41, 5.74) is 9.61. The van der Waals surface area contributed by atoms with E-state index in [1.807, 2.05) is 23.1 Å². The molecular formula is C49H41N3OS2. The zero-order valence-corrected chi connectivity index (χ0v) is 32.6. The van der Waals surface area contributed by atoms with Crippen LogP contribution in [0.5, 0.6) is 0 Å².